The molecule has 0 spiro atoms. The molecule has 5 nitrogen and oxygen atoms in total. The number of carbonyl (C=O) groups is 1. The quantitative estimate of drug-likeness (QED) is 0.665. The van der Waals surface area contributed by atoms with E-state index in [0.29, 0.717) is 28.6 Å². The summed E-state index contributed by atoms with van der Waals surface area (Å²) in [5, 5.41) is 13.3. The maximum atomic E-state index is 13.0. The van der Waals surface area contributed by atoms with Crippen molar-refractivity contribution in [1.82, 2.24) is 15.2 Å². The van der Waals surface area contributed by atoms with Crippen LogP contribution in [0.5, 0.6) is 0 Å². The van der Waals surface area contributed by atoms with Crippen LogP contribution in [0, 0.1) is 11.3 Å². The van der Waals surface area contributed by atoms with Crippen molar-refractivity contribution in [1.29, 1.82) is 5.26 Å². The van der Waals surface area contributed by atoms with Gasteiger partial charge in [0.1, 0.15) is 11.1 Å². The number of pyridine rings is 1. The Balaban J connectivity index is 1.81. The zero-order valence-electron chi connectivity index (χ0n) is 17.5. The Morgan fingerprint density at radius 3 is 2.55 bits per heavy atom. The van der Waals surface area contributed by atoms with Gasteiger partial charge in [0.15, 0.2) is 0 Å². The predicted molar refractivity (Wildman–Crippen MR) is 117 cm³/mol. The lowest BCUT2D eigenvalue weighted by atomic mass is 10.0. The van der Waals surface area contributed by atoms with Gasteiger partial charge in [0.25, 0.3) is 5.91 Å². The highest BCUT2D eigenvalue weighted by atomic mass is 32.2. The van der Waals surface area contributed by atoms with Crippen LogP contribution < -0.4 is 5.32 Å². The molecular weight excluding hydrogens is 380 g/mol. The van der Waals surface area contributed by atoms with Crippen LogP contribution in [-0.4, -0.2) is 42.7 Å². The summed E-state index contributed by atoms with van der Waals surface area (Å²) in [6.45, 7) is 2.61. The number of benzene rings is 1. The summed E-state index contributed by atoms with van der Waals surface area (Å²) in [4.78, 5) is 19.7. The molecule has 29 heavy (non-hydrogen) atoms. The lowest BCUT2D eigenvalue weighted by Gasteiger charge is -2.25. The van der Waals surface area contributed by atoms with Crippen LogP contribution in [0.3, 0.4) is 0 Å². The molecule has 1 aromatic carbocycles. The molecule has 0 aliphatic heterocycles. The number of rotatable bonds is 8. The van der Waals surface area contributed by atoms with E-state index in [1.807, 2.05) is 26.4 Å². The van der Waals surface area contributed by atoms with Gasteiger partial charge in [0.2, 0.25) is 0 Å². The highest BCUT2D eigenvalue weighted by Gasteiger charge is 2.28. The van der Waals surface area contributed by atoms with Gasteiger partial charge in [-0.1, -0.05) is 31.2 Å². The van der Waals surface area contributed by atoms with Crippen LogP contribution in [0.2, 0.25) is 0 Å². The van der Waals surface area contributed by atoms with Gasteiger partial charge in [-0.15, -0.1) is 11.8 Å². The van der Waals surface area contributed by atoms with Crippen LogP contribution >= 0.6 is 11.8 Å². The number of aryl methyl sites for hydroxylation is 1. The third-order valence-corrected chi connectivity index (χ3v) is 6.09. The molecule has 1 atom stereocenters. The number of hydrogen-bond donors (Lipinski definition) is 1. The second-order valence-corrected chi connectivity index (χ2v) is 8.44. The lowest BCUT2D eigenvalue weighted by Crippen LogP contribution is -2.35. The van der Waals surface area contributed by atoms with Crippen LogP contribution in [-0.2, 0) is 6.42 Å². The molecule has 6 heteroatoms. The van der Waals surface area contributed by atoms with E-state index in [-0.39, 0.29) is 11.9 Å². The van der Waals surface area contributed by atoms with Gasteiger partial charge in [0, 0.05) is 18.2 Å². The van der Waals surface area contributed by atoms with Gasteiger partial charge in [-0.25, -0.2) is 4.98 Å². The normalized spacial score (nSPS) is 14.5. The number of nitriles is 1. The fourth-order valence-electron chi connectivity index (χ4n) is 3.42. The third-order valence-electron chi connectivity index (χ3n) is 5.40. The summed E-state index contributed by atoms with van der Waals surface area (Å²) in [6, 6.07) is 12.6. The number of nitrogens with zero attached hydrogens (tertiary/aromatic N) is 3. The van der Waals surface area contributed by atoms with Crippen molar-refractivity contribution in [2.45, 2.75) is 43.2 Å². The van der Waals surface area contributed by atoms with Crippen molar-refractivity contribution in [3.05, 3.63) is 58.3 Å². The zero-order chi connectivity index (χ0) is 21.0. The SMILES string of the molecule is CCc1ccc([C@H](CNC(=O)c2cc(C3CC3)nc(SC)c2C#N)N(C)C)cc1. The highest BCUT2D eigenvalue weighted by molar-refractivity contribution is 7.98. The van der Waals surface area contributed by atoms with Crippen LogP contribution in [0.4, 0.5) is 0 Å². The molecule has 0 bridgehead atoms. The number of carbonyl (C=O) groups excluding carboxylic acids is 1. The largest absolute Gasteiger partial charge is 0.350 e. The number of thioether (sulfide) groups is 1. The molecule has 1 fully saturated rings. The summed E-state index contributed by atoms with van der Waals surface area (Å²) >= 11 is 1.42. The van der Waals surface area contributed by atoms with Crippen LogP contribution in [0.1, 0.15) is 64.5 Å². The number of amides is 1. The first-order chi connectivity index (χ1) is 14.0. The second-order valence-electron chi connectivity index (χ2n) is 7.65. The summed E-state index contributed by atoms with van der Waals surface area (Å²) in [6.07, 6.45) is 5.10. The first-order valence-electron chi connectivity index (χ1n) is 10.0. The Labute approximate surface area is 177 Å². The van der Waals surface area contributed by atoms with Gasteiger partial charge in [-0.05, 0) is 56.8 Å². The molecule has 0 radical (unpaired) electrons. The first kappa shape index (κ1) is 21.4. The van der Waals surface area contributed by atoms with E-state index in [2.05, 4.69) is 52.5 Å². The minimum absolute atomic E-state index is 0.0557. The predicted octanol–water partition coefficient (Wildman–Crippen LogP) is 4.15. The molecule has 1 aliphatic carbocycles. The zero-order valence-corrected chi connectivity index (χ0v) is 18.3. The van der Waals surface area contributed by atoms with Gasteiger partial charge in [-0.3, -0.25) is 4.79 Å². The molecule has 1 amide bonds. The smallest absolute Gasteiger partial charge is 0.252 e. The van der Waals surface area contributed by atoms with Crippen molar-refractivity contribution in [2.24, 2.45) is 0 Å². The molecule has 3 rings (SSSR count). The van der Waals surface area contributed by atoms with Gasteiger partial charge in [0.05, 0.1) is 17.2 Å². The van der Waals surface area contributed by atoms with E-state index in [1.165, 1.54) is 17.3 Å². The molecule has 1 aliphatic rings. The van der Waals surface area contributed by atoms with E-state index in [1.54, 1.807) is 0 Å². The highest BCUT2D eigenvalue weighted by Crippen LogP contribution is 2.40. The van der Waals surface area contributed by atoms with Crippen LogP contribution in [0.25, 0.3) is 0 Å². The van der Waals surface area contributed by atoms with Crippen molar-refractivity contribution in [2.75, 3.05) is 26.9 Å². The number of likely N-dealkylation sites (N-methyl/N-ethyl adjacent to an activating group) is 1. The summed E-state index contributed by atoms with van der Waals surface area (Å²) in [7, 11) is 4.02. The maximum Gasteiger partial charge on any atom is 0.252 e. The monoisotopic (exact) mass is 408 g/mol. The van der Waals surface area contributed by atoms with E-state index in [4.69, 9.17) is 0 Å². The maximum absolute atomic E-state index is 13.0. The summed E-state index contributed by atoms with van der Waals surface area (Å²) in [5.41, 5.74) is 4.19. The molecule has 2 aromatic rings. The van der Waals surface area contributed by atoms with E-state index < -0.39 is 0 Å². The average Bonchev–Trinajstić information content (AvgIpc) is 3.58. The van der Waals surface area contributed by atoms with Crippen molar-refractivity contribution in [3.63, 3.8) is 0 Å². The van der Waals surface area contributed by atoms with E-state index in [9.17, 15) is 10.1 Å². The molecular formula is C23H28N4OS. The molecule has 1 saturated carbocycles. The average molecular weight is 409 g/mol. The van der Waals surface area contributed by atoms with Crippen molar-refractivity contribution in [3.8, 4) is 6.07 Å². The molecule has 0 unspecified atom stereocenters. The Hall–Kier alpha value is -2.36. The van der Waals surface area contributed by atoms with Crippen molar-refractivity contribution < 1.29 is 4.79 Å². The Morgan fingerprint density at radius 2 is 2.03 bits per heavy atom. The second kappa shape index (κ2) is 9.43. The molecule has 1 N–H and O–H groups in total. The number of nitrogens with one attached hydrogen (secondary N) is 1. The van der Waals surface area contributed by atoms with Gasteiger partial charge >= 0.3 is 0 Å². The van der Waals surface area contributed by atoms with E-state index in [0.717, 1.165) is 30.5 Å². The molecule has 0 saturated heterocycles. The minimum Gasteiger partial charge on any atom is -0.350 e. The van der Waals surface area contributed by atoms with Gasteiger partial charge in [-0.2, -0.15) is 5.26 Å². The third kappa shape index (κ3) is 4.98. The summed E-state index contributed by atoms with van der Waals surface area (Å²) in [5.74, 6) is 0.213. The van der Waals surface area contributed by atoms with Crippen LogP contribution in [0.15, 0.2) is 35.4 Å². The summed E-state index contributed by atoms with van der Waals surface area (Å²) < 4.78 is 0. The molecule has 1 aromatic heterocycles. The molecule has 152 valence electrons. The first-order valence-corrected chi connectivity index (χ1v) is 11.2. The fraction of sp³-hybridized carbons (Fsp3) is 0.435. The Morgan fingerprint density at radius 1 is 1.34 bits per heavy atom. The number of aromatic nitrogens is 1. The van der Waals surface area contributed by atoms with E-state index >= 15 is 0 Å². The van der Waals surface area contributed by atoms with Gasteiger partial charge < -0.3 is 10.2 Å². The lowest BCUT2D eigenvalue weighted by molar-refractivity contribution is 0.0941. The standard InChI is InChI=1S/C23H28N4OS/c1-5-15-6-8-17(9-7-15)21(27(2)3)14-25-22(28)18-12-20(16-10-11-16)26-23(29-4)19(18)13-24/h6-9,12,16,21H,5,10-11,14H2,1-4H3,(H,25,28)/t21-/m0/s1. The van der Waals surface area contributed by atoms with Crippen molar-refractivity contribution >= 4 is 17.7 Å². The fourth-order valence-corrected chi connectivity index (χ4v) is 3.98. The Bertz CT molecular complexity index is 914. The minimum atomic E-state index is -0.210. The molecule has 1 heterocycles. The topological polar surface area (TPSA) is 69.0 Å². The Kier molecular flexibility index (Phi) is 6.94. The number of hydrogen-bond acceptors (Lipinski definition) is 5.